The summed E-state index contributed by atoms with van der Waals surface area (Å²) in [7, 11) is 0. The highest BCUT2D eigenvalue weighted by Crippen LogP contribution is 2.29. The van der Waals surface area contributed by atoms with E-state index in [4.69, 9.17) is 4.74 Å². The molecule has 2 saturated heterocycles. The fourth-order valence-electron chi connectivity index (χ4n) is 4.21. The van der Waals surface area contributed by atoms with Gasteiger partial charge in [0.25, 0.3) is 11.8 Å². The van der Waals surface area contributed by atoms with Crippen LogP contribution in [0.4, 0.5) is 5.69 Å². The maximum atomic E-state index is 12.8. The van der Waals surface area contributed by atoms with Crippen molar-refractivity contribution >= 4 is 40.3 Å². The van der Waals surface area contributed by atoms with Crippen molar-refractivity contribution in [2.45, 2.75) is 37.9 Å². The Morgan fingerprint density at radius 1 is 1.25 bits per heavy atom. The van der Waals surface area contributed by atoms with E-state index in [1.54, 1.807) is 24.3 Å². The smallest absolute Gasteiger partial charge is 0.262 e. The first-order valence-electron chi connectivity index (χ1n) is 11.3. The molecule has 3 aliphatic rings. The van der Waals surface area contributed by atoms with Crippen LogP contribution in [0.1, 0.15) is 43.0 Å². The van der Waals surface area contributed by atoms with Crippen LogP contribution in [0.15, 0.2) is 29.3 Å². The molecule has 1 N–H and O–H groups in total. The number of hydrogen-bond donors (Lipinski definition) is 1. The lowest BCUT2D eigenvalue weighted by atomic mass is 10.1. The third-order valence-electron chi connectivity index (χ3n) is 6.06. The number of nitrogens with zero attached hydrogens (tertiary/aromatic N) is 3. The Bertz CT molecular complexity index is 876. The fourth-order valence-corrected chi connectivity index (χ4v) is 5.32. The fraction of sp³-hybridized carbons (Fsp3) is 0.565. The average Bonchev–Trinajstić information content (AvgIpc) is 3.55. The molecule has 3 heterocycles. The molecule has 3 aliphatic heterocycles. The van der Waals surface area contributed by atoms with Gasteiger partial charge in [0, 0.05) is 56.4 Å². The van der Waals surface area contributed by atoms with Gasteiger partial charge in [-0.2, -0.15) is 4.99 Å². The summed E-state index contributed by atoms with van der Waals surface area (Å²) in [5, 5.41) is 3.11. The summed E-state index contributed by atoms with van der Waals surface area (Å²) in [6.45, 7) is 6.64. The summed E-state index contributed by atoms with van der Waals surface area (Å²) in [6, 6.07) is 6.92. The maximum Gasteiger partial charge on any atom is 0.262 e. The van der Waals surface area contributed by atoms with Gasteiger partial charge < -0.3 is 19.9 Å². The Morgan fingerprint density at radius 2 is 2.00 bits per heavy atom. The van der Waals surface area contributed by atoms with Gasteiger partial charge in [-0.3, -0.25) is 14.4 Å². The van der Waals surface area contributed by atoms with Crippen LogP contribution in [0.2, 0.25) is 0 Å². The van der Waals surface area contributed by atoms with Gasteiger partial charge >= 0.3 is 0 Å². The lowest BCUT2D eigenvalue weighted by Crippen LogP contribution is -2.35. The largest absolute Gasteiger partial charge is 0.381 e. The zero-order chi connectivity index (χ0) is 22.5. The lowest BCUT2D eigenvalue weighted by molar-refractivity contribution is -0.121. The van der Waals surface area contributed by atoms with Crippen LogP contribution >= 0.6 is 11.8 Å². The highest BCUT2D eigenvalue weighted by Gasteiger charge is 2.33. The normalized spacial score (nSPS) is 22.8. The first-order chi connectivity index (χ1) is 15.5. The van der Waals surface area contributed by atoms with Gasteiger partial charge in [0.15, 0.2) is 5.17 Å². The number of benzene rings is 1. The molecule has 3 amide bonds. The van der Waals surface area contributed by atoms with Gasteiger partial charge in [-0.25, -0.2) is 0 Å². The van der Waals surface area contributed by atoms with Gasteiger partial charge in [-0.1, -0.05) is 11.8 Å². The number of aliphatic imine (C=N–C) groups is 1. The second-order valence-corrected chi connectivity index (χ2v) is 9.61. The number of carbonyl (C=O) groups excluding carboxylic acids is 3. The lowest BCUT2D eigenvalue weighted by Gasteiger charge is -2.24. The molecule has 0 aliphatic carbocycles. The Kier molecular flexibility index (Phi) is 7.47. The minimum absolute atomic E-state index is 0.0168. The second kappa shape index (κ2) is 10.5. The number of amidine groups is 1. The maximum absolute atomic E-state index is 12.8. The number of likely N-dealkylation sites (tertiary alicyclic amines) is 1. The summed E-state index contributed by atoms with van der Waals surface area (Å²) < 4.78 is 5.42. The topological polar surface area (TPSA) is 91.3 Å². The highest BCUT2D eigenvalue weighted by atomic mass is 32.2. The number of anilines is 1. The summed E-state index contributed by atoms with van der Waals surface area (Å²) >= 11 is 1.39. The van der Waals surface area contributed by atoms with E-state index >= 15 is 0 Å². The molecule has 0 aromatic heterocycles. The van der Waals surface area contributed by atoms with Crippen LogP contribution in [-0.2, 0) is 14.3 Å². The molecule has 0 spiro atoms. The van der Waals surface area contributed by atoms with Crippen LogP contribution in [0.3, 0.4) is 0 Å². The van der Waals surface area contributed by atoms with Crippen LogP contribution in [-0.4, -0.2) is 77.3 Å². The number of amides is 3. The number of carbonyl (C=O) groups is 3. The molecule has 0 radical (unpaired) electrons. The summed E-state index contributed by atoms with van der Waals surface area (Å²) in [5.41, 5.74) is 1.20. The Balaban J connectivity index is 1.28. The number of ether oxygens (including phenoxy) is 1. The molecule has 2 atom stereocenters. The quantitative estimate of drug-likeness (QED) is 0.675. The minimum atomic E-state index is -0.468. The van der Waals surface area contributed by atoms with Crippen molar-refractivity contribution in [2.75, 3.05) is 44.7 Å². The summed E-state index contributed by atoms with van der Waals surface area (Å²) in [5.74, 6) is -0.0926. The van der Waals surface area contributed by atoms with Crippen LogP contribution < -0.4 is 5.32 Å². The van der Waals surface area contributed by atoms with E-state index in [1.165, 1.54) is 11.8 Å². The second-order valence-electron chi connectivity index (χ2n) is 8.44. The third kappa shape index (κ3) is 5.50. The Hall–Kier alpha value is -2.39. The number of nitrogens with one attached hydrogen (secondary N) is 1. The van der Waals surface area contributed by atoms with E-state index in [0.29, 0.717) is 36.9 Å². The van der Waals surface area contributed by atoms with Gasteiger partial charge in [0.1, 0.15) is 5.25 Å². The molecule has 8 nitrogen and oxygen atoms in total. The van der Waals surface area contributed by atoms with E-state index < -0.39 is 5.25 Å². The number of thioether (sulfide) groups is 1. The van der Waals surface area contributed by atoms with Crippen molar-refractivity contribution in [1.82, 2.24) is 9.80 Å². The van der Waals surface area contributed by atoms with E-state index in [1.807, 2.05) is 11.8 Å². The zero-order valence-electron chi connectivity index (χ0n) is 18.4. The molecule has 0 saturated carbocycles. The molecule has 4 rings (SSSR count). The third-order valence-corrected chi connectivity index (χ3v) is 7.28. The monoisotopic (exact) mass is 458 g/mol. The van der Waals surface area contributed by atoms with E-state index in [-0.39, 0.29) is 24.1 Å². The van der Waals surface area contributed by atoms with Gasteiger partial charge in [0.05, 0.1) is 6.61 Å². The predicted octanol–water partition coefficient (Wildman–Crippen LogP) is 2.61. The number of rotatable bonds is 7. The highest BCUT2D eigenvalue weighted by molar-refractivity contribution is 8.15. The molecule has 1 aromatic rings. The van der Waals surface area contributed by atoms with Crippen molar-refractivity contribution in [2.24, 2.45) is 10.9 Å². The Morgan fingerprint density at radius 3 is 2.66 bits per heavy atom. The van der Waals surface area contributed by atoms with Crippen molar-refractivity contribution in [3.63, 3.8) is 0 Å². The van der Waals surface area contributed by atoms with E-state index in [9.17, 15) is 14.4 Å². The van der Waals surface area contributed by atoms with Crippen LogP contribution in [0.25, 0.3) is 0 Å². The molecule has 2 unspecified atom stereocenters. The molecule has 1 aromatic carbocycles. The summed E-state index contributed by atoms with van der Waals surface area (Å²) in [6.07, 6.45) is 3.30. The van der Waals surface area contributed by atoms with Crippen molar-refractivity contribution in [3.05, 3.63) is 29.8 Å². The van der Waals surface area contributed by atoms with Gasteiger partial charge in [-0.15, -0.1) is 0 Å². The molecule has 9 heteroatoms. The van der Waals surface area contributed by atoms with Crippen molar-refractivity contribution in [1.29, 1.82) is 0 Å². The Labute approximate surface area is 192 Å². The summed E-state index contributed by atoms with van der Waals surface area (Å²) in [4.78, 5) is 45.6. The predicted molar refractivity (Wildman–Crippen MR) is 125 cm³/mol. The van der Waals surface area contributed by atoms with E-state index in [2.05, 4.69) is 15.2 Å². The SMILES string of the molecule is CCN(CC1CCOC1)C(=O)c1ccc(NC(=O)CC2SC(N3CCCC3)=NC2=O)cc1. The average molecular weight is 459 g/mol. The first kappa shape index (κ1) is 22.8. The van der Waals surface area contributed by atoms with Gasteiger partial charge in [0.2, 0.25) is 5.91 Å². The standard InChI is InChI=1S/C23H30N4O4S/c1-2-26(14-16-9-12-31-15-16)22(30)17-5-7-18(8-6-17)24-20(28)13-19-21(29)25-23(32-19)27-10-3-4-11-27/h5-8,16,19H,2-4,9-15H2,1H3,(H,24,28). The molecule has 32 heavy (non-hydrogen) atoms. The van der Waals surface area contributed by atoms with Crippen molar-refractivity contribution < 1.29 is 19.1 Å². The zero-order valence-corrected chi connectivity index (χ0v) is 19.2. The van der Waals surface area contributed by atoms with Gasteiger partial charge in [-0.05, 0) is 50.5 Å². The minimum Gasteiger partial charge on any atom is -0.381 e. The number of hydrogen-bond acceptors (Lipinski definition) is 6. The van der Waals surface area contributed by atoms with Crippen molar-refractivity contribution in [3.8, 4) is 0 Å². The van der Waals surface area contributed by atoms with E-state index in [0.717, 1.165) is 44.1 Å². The molecular weight excluding hydrogens is 428 g/mol. The first-order valence-corrected chi connectivity index (χ1v) is 12.2. The van der Waals surface area contributed by atoms with Crippen LogP contribution in [0.5, 0.6) is 0 Å². The molecule has 172 valence electrons. The molecule has 0 bridgehead atoms. The molecule has 2 fully saturated rings. The van der Waals surface area contributed by atoms with Crippen LogP contribution in [0, 0.1) is 5.92 Å². The molecular formula is C23H30N4O4S.